The number of hydrogen-bond acceptors (Lipinski definition) is 15. The molecule has 0 aliphatic carbocycles. The Balaban J connectivity index is 1.23. The lowest BCUT2D eigenvalue weighted by Gasteiger charge is -2.42. The van der Waals surface area contributed by atoms with Crippen molar-refractivity contribution in [1.29, 1.82) is 0 Å². The highest BCUT2D eigenvalue weighted by Crippen LogP contribution is 2.36. The van der Waals surface area contributed by atoms with Gasteiger partial charge in [-0.15, -0.1) is 0 Å². The summed E-state index contributed by atoms with van der Waals surface area (Å²) in [5.74, 6) is 0.407. The normalized spacial score (nSPS) is 35.3. The van der Waals surface area contributed by atoms with E-state index in [1.54, 1.807) is 13.0 Å². The van der Waals surface area contributed by atoms with Gasteiger partial charge < -0.3 is 69.0 Å². The van der Waals surface area contributed by atoms with E-state index in [0.717, 1.165) is 0 Å². The molecule has 4 heterocycles. The fraction of sp³-hybridized carbons (Fsp3) is 0.593. The number of aryl methyl sites for hydroxylation is 1. The number of rotatable bonds is 7. The van der Waals surface area contributed by atoms with Crippen molar-refractivity contribution in [3.05, 3.63) is 45.3 Å². The Morgan fingerprint density at radius 3 is 2.21 bits per heavy atom. The summed E-state index contributed by atoms with van der Waals surface area (Å²) in [6.45, 7) is 0.352. The van der Waals surface area contributed by atoms with Crippen molar-refractivity contribution < 1.29 is 69.0 Å². The van der Waals surface area contributed by atoms with Gasteiger partial charge in [-0.1, -0.05) is 6.08 Å². The lowest BCUT2D eigenvalue weighted by Crippen LogP contribution is -2.61. The quantitative estimate of drug-likeness (QED) is 0.151. The van der Waals surface area contributed by atoms with Gasteiger partial charge in [0.1, 0.15) is 83.7 Å². The van der Waals surface area contributed by atoms with Crippen molar-refractivity contribution in [3.63, 3.8) is 0 Å². The average Bonchev–Trinajstić information content (AvgIpc) is 3.16. The van der Waals surface area contributed by atoms with Gasteiger partial charge >= 0.3 is 0 Å². The number of phenolic OH excluding ortho intramolecular Hbond substituents is 1. The largest absolute Gasteiger partial charge is 0.507 e. The molecule has 1 aromatic heterocycles. The summed E-state index contributed by atoms with van der Waals surface area (Å²) in [7, 11) is 0. The lowest BCUT2D eigenvalue weighted by molar-refractivity contribution is -0.330. The Bertz CT molecular complexity index is 1360. The fourth-order valence-corrected chi connectivity index (χ4v) is 5.13. The van der Waals surface area contributed by atoms with E-state index in [9.17, 15) is 45.6 Å². The number of aliphatic hydroxyl groups excluding tert-OH is 7. The highest BCUT2D eigenvalue weighted by atomic mass is 16.7. The molecule has 15 heteroatoms. The third-order valence-corrected chi connectivity index (χ3v) is 7.55. The van der Waals surface area contributed by atoms with Crippen LogP contribution in [0.3, 0.4) is 0 Å². The van der Waals surface area contributed by atoms with Crippen molar-refractivity contribution in [3.8, 4) is 11.5 Å². The number of phenols is 1. The van der Waals surface area contributed by atoms with E-state index in [-0.39, 0.29) is 41.8 Å². The van der Waals surface area contributed by atoms with Crippen molar-refractivity contribution >= 4 is 11.0 Å². The van der Waals surface area contributed by atoms with Crippen molar-refractivity contribution in [1.82, 2.24) is 0 Å². The van der Waals surface area contributed by atoms with E-state index in [1.165, 1.54) is 12.1 Å². The zero-order valence-corrected chi connectivity index (χ0v) is 22.5. The van der Waals surface area contributed by atoms with Gasteiger partial charge in [-0.05, 0) is 18.9 Å². The van der Waals surface area contributed by atoms with Gasteiger partial charge in [0.2, 0.25) is 0 Å². The molecule has 2 aromatic rings. The van der Waals surface area contributed by atoms with Gasteiger partial charge in [0.05, 0.1) is 19.8 Å². The molecule has 0 spiro atoms. The molecule has 0 saturated carbocycles. The highest BCUT2D eigenvalue weighted by Gasteiger charge is 2.47. The Morgan fingerprint density at radius 2 is 1.52 bits per heavy atom. The van der Waals surface area contributed by atoms with Crippen LogP contribution in [0.25, 0.3) is 11.0 Å². The summed E-state index contributed by atoms with van der Waals surface area (Å²) in [4.78, 5) is 12.4. The molecule has 8 N–H and O–H groups in total. The topological polar surface area (TPSA) is 238 Å². The molecule has 0 unspecified atom stereocenters. The van der Waals surface area contributed by atoms with Gasteiger partial charge in [0, 0.05) is 17.7 Å². The monoisotopic (exact) mass is 598 g/mol. The summed E-state index contributed by atoms with van der Waals surface area (Å²) in [6.07, 6.45) is -13.3. The molecule has 15 nitrogen and oxygen atoms in total. The van der Waals surface area contributed by atoms with Gasteiger partial charge in [-0.2, -0.15) is 0 Å². The van der Waals surface area contributed by atoms with Crippen LogP contribution in [0.1, 0.15) is 11.3 Å². The fourth-order valence-electron chi connectivity index (χ4n) is 5.13. The molecule has 0 amide bonds. The molecule has 5 rings (SSSR count). The minimum atomic E-state index is -1.70. The molecule has 3 aliphatic rings. The molecule has 0 bridgehead atoms. The number of benzene rings is 1. The Hall–Kier alpha value is -2.67. The third-order valence-electron chi connectivity index (χ3n) is 7.55. The lowest BCUT2D eigenvalue weighted by atomic mass is 9.98. The Labute approximate surface area is 238 Å². The second kappa shape index (κ2) is 12.5. The standard InChI is InChI=1S/C27H34O15/c1-10-4-13(29)18-14(30)5-15-12(25(18)40-10)3-2-11(7-37-15)8-38-26-24(36)22(34)20(32)17(42-26)9-39-27-23(35)21(33)19(31)16(6-28)41-27/h2,4-5,16-17,19-24,26-28,30-36H,3,6-9H2,1H3/t16-,17-,19+,20+,21+,22+,23+,24-,26+,27-/m0/s1. The molecule has 10 atom stereocenters. The molecule has 2 fully saturated rings. The van der Waals surface area contributed by atoms with E-state index < -0.39 is 74.6 Å². The average molecular weight is 599 g/mol. The molecule has 232 valence electrons. The summed E-state index contributed by atoms with van der Waals surface area (Å²) >= 11 is 0. The maximum Gasteiger partial charge on any atom is 0.196 e. The minimum Gasteiger partial charge on any atom is -0.507 e. The van der Waals surface area contributed by atoms with E-state index in [4.69, 9.17) is 28.1 Å². The van der Waals surface area contributed by atoms with Crippen LogP contribution < -0.4 is 10.2 Å². The number of aliphatic hydroxyl groups is 7. The van der Waals surface area contributed by atoms with Crippen molar-refractivity contribution in [2.75, 3.05) is 26.4 Å². The third kappa shape index (κ3) is 5.91. The van der Waals surface area contributed by atoms with Crippen LogP contribution in [0.4, 0.5) is 0 Å². The number of ether oxygens (including phenoxy) is 5. The molecule has 3 aliphatic heterocycles. The number of aromatic hydroxyl groups is 1. The molecule has 2 saturated heterocycles. The summed E-state index contributed by atoms with van der Waals surface area (Å²) in [6, 6.07) is 2.62. The number of hydrogen-bond donors (Lipinski definition) is 8. The van der Waals surface area contributed by atoms with Crippen LogP contribution in [0, 0.1) is 6.92 Å². The van der Waals surface area contributed by atoms with E-state index in [0.29, 0.717) is 22.6 Å². The second-order valence-electron chi connectivity index (χ2n) is 10.5. The smallest absolute Gasteiger partial charge is 0.196 e. The first-order chi connectivity index (χ1) is 20.0. The van der Waals surface area contributed by atoms with Gasteiger partial charge in [-0.25, -0.2) is 0 Å². The molecule has 42 heavy (non-hydrogen) atoms. The maximum absolute atomic E-state index is 12.4. The van der Waals surface area contributed by atoms with Crippen LogP contribution in [0.2, 0.25) is 0 Å². The summed E-state index contributed by atoms with van der Waals surface area (Å²) in [5, 5.41) is 81.1. The van der Waals surface area contributed by atoms with E-state index in [2.05, 4.69) is 0 Å². The van der Waals surface area contributed by atoms with Crippen LogP contribution in [0.15, 0.2) is 33.0 Å². The molecule has 0 radical (unpaired) electrons. The molecular weight excluding hydrogens is 564 g/mol. The van der Waals surface area contributed by atoms with Crippen LogP contribution >= 0.6 is 0 Å². The maximum atomic E-state index is 12.4. The molecular formula is C27H34O15. The number of fused-ring (bicyclic) bond motifs is 3. The van der Waals surface area contributed by atoms with Crippen LogP contribution in [-0.2, 0) is 25.4 Å². The minimum absolute atomic E-state index is 0.0195. The first kappa shape index (κ1) is 30.8. The van der Waals surface area contributed by atoms with Gasteiger partial charge in [0.15, 0.2) is 18.0 Å². The van der Waals surface area contributed by atoms with Gasteiger partial charge in [-0.3, -0.25) is 4.79 Å². The summed E-state index contributed by atoms with van der Waals surface area (Å²) < 4.78 is 33.6. The second-order valence-corrected chi connectivity index (χ2v) is 10.5. The van der Waals surface area contributed by atoms with E-state index >= 15 is 0 Å². The van der Waals surface area contributed by atoms with Crippen molar-refractivity contribution in [2.45, 2.75) is 74.8 Å². The molecule has 1 aromatic carbocycles. The van der Waals surface area contributed by atoms with Crippen LogP contribution in [-0.4, -0.2) is 129 Å². The first-order valence-corrected chi connectivity index (χ1v) is 13.3. The zero-order chi connectivity index (χ0) is 30.3. The highest BCUT2D eigenvalue weighted by molar-refractivity contribution is 5.88. The Morgan fingerprint density at radius 1 is 0.881 bits per heavy atom. The van der Waals surface area contributed by atoms with Crippen molar-refractivity contribution in [2.24, 2.45) is 0 Å². The summed E-state index contributed by atoms with van der Waals surface area (Å²) in [5.41, 5.74) is 0.967. The predicted octanol–water partition coefficient (Wildman–Crippen LogP) is -2.69. The predicted molar refractivity (Wildman–Crippen MR) is 139 cm³/mol. The first-order valence-electron chi connectivity index (χ1n) is 13.3. The van der Waals surface area contributed by atoms with Gasteiger partial charge in [0.25, 0.3) is 0 Å². The van der Waals surface area contributed by atoms with Crippen LogP contribution in [0.5, 0.6) is 11.5 Å². The number of allylic oxidation sites excluding steroid dienone is 1. The zero-order valence-electron chi connectivity index (χ0n) is 22.5. The SMILES string of the molecule is Cc1cc(=O)c2c(O)cc3c(c2o1)CC=C(CO[C@@H]1O[C@@H](CO[C@H]2O[C@@H](CO)[C@@H](O)[C@@H](O)[C@H]2O)[C@@H](O)[C@@H](O)[C@@H]1O)CO3. The van der Waals surface area contributed by atoms with E-state index in [1.807, 2.05) is 0 Å². The Kier molecular flexibility index (Phi) is 9.17.